The third-order valence-electron chi connectivity index (χ3n) is 1.23. The molecule has 0 N–H and O–H groups in total. The normalized spacial score (nSPS) is 12.0. The van der Waals surface area contributed by atoms with Crippen LogP contribution in [0.4, 0.5) is 0 Å². The Labute approximate surface area is 65.7 Å². The second-order valence-electron chi connectivity index (χ2n) is 2.13. The summed E-state index contributed by atoms with van der Waals surface area (Å²) in [7, 11) is -0.131. The zero-order valence-electron chi connectivity index (χ0n) is 7.22. The van der Waals surface area contributed by atoms with Gasteiger partial charge in [0.15, 0.2) is 0 Å². The molecule has 10 heavy (non-hydrogen) atoms. The lowest BCUT2D eigenvalue weighted by Gasteiger charge is -2.14. The van der Waals surface area contributed by atoms with E-state index in [9.17, 15) is 0 Å². The summed E-state index contributed by atoms with van der Waals surface area (Å²) in [5.41, 5.74) is 0. The molecule has 0 unspecified atom stereocenters. The van der Waals surface area contributed by atoms with Crippen LogP contribution in [0.2, 0.25) is 6.04 Å². The summed E-state index contributed by atoms with van der Waals surface area (Å²) in [6.45, 7) is 7.76. The minimum atomic E-state index is -0.131. The average Bonchev–Trinajstić information content (AvgIpc) is 1.90. The second kappa shape index (κ2) is 7.25. The lowest BCUT2D eigenvalue weighted by molar-refractivity contribution is -0.0826. The molecule has 0 spiro atoms. The maximum Gasteiger partial charge on any atom is 0.134 e. The van der Waals surface area contributed by atoms with Gasteiger partial charge in [0.1, 0.15) is 5.91 Å². The first-order valence-electron chi connectivity index (χ1n) is 4.08. The number of hydrogen-bond donors (Lipinski definition) is 0. The van der Waals surface area contributed by atoms with Gasteiger partial charge in [-0.25, -0.2) is 0 Å². The van der Waals surface area contributed by atoms with Crippen LogP contribution in [0.3, 0.4) is 0 Å². The van der Waals surface area contributed by atoms with E-state index < -0.39 is 0 Å². The van der Waals surface area contributed by atoms with Gasteiger partial charge in [0, 0.05) is 13.2 Å². The third kappa shape index (κ3) is 4.96. The van der Waals surface area contributed by atoms with Gasteiger partial charge in [-0.2, -0.15) is 0 Å². The summed E-state index contributed by atoms with van der Waals surface area (Å²) < 4.78 is 10.7. The smallest absolute Gasteiger partial charge is 0.134 e. The van der Waals surface area contributed by atoms with Gasteiger partial charge in [-0.05, 0) is 13.8 Å². The van der Waals surface area contributed by atoms with E-state index in [-0.39, 0.29) is 15.4 Å². The lowest BCUT2D eigenvalue weighted by atomic mass is 10.8. The molecular formula is C7H18O2Si. The molecule has 0 radical (unpaired) electrons. The highest BCUT2D eigenvalue weighted by Crippen LogP contribution is 1.94. The minimum absolute atomic E-state index is 0.131. The summed E-state index contributed by atoms with van der Waals surface area (Å²) in [5, 5.41) is 0. The van der Waals surface area contributed by atoms with E-state index in [1.165, 1.54) is 6.04 Å². The fourth-order valence-corrected chi connectivity index (χ4v) is 2.10. The van der Waals surface area contributed by atoms with Crippen LogP contribution in [0.15, 0.2) is 0 Å². The summed E-state index contributed by atoms with van der Waals surface area (Å²) >= 11 is 0. The van der Waals surface area contributed by atoms with Crippen molar-refractivity contribution in [1.82, 2.24) is 0 Å². The van der Waals surface area contributed by atoms with E-state index in [0.717, 1.165) is 13.2 Å². The van der Waals surface area contributed by atoms with Crippen LogP contribution in [0.5, 0.6) is 0 Å². The fourth-order valence-electron chi connectivity index (χ4n) is 0.822. The van der Waals surface area contributed by atoms with E-state index >= 15 is 0 Å². The molecule has 0 aliphatic carbocycles. The van der Waals surface area contributed by atoms with E-state index in [2.05, 4.69) is 6.92 Å². The molecule has 0 aromatic carbocycles. The third-order valence-corrected chi connectivity index (χ3v) is 2.75. The largest absolute Gasteiger partial charge is 0.357 e. The van der Waals surface area contributed by atoms with Crippen molar-refractivity contribution in [2.24, 2.45) is 0 Å². The van der Waals surface area contributed by atoms with Crippen molar-refractivity contribution in [3.8, 4) is 0 Å². The molecule has 0 aliphatic rings. The van der Waals surface area contributed by atoms with Gasteiger partial charge in [0.2, 0.25) is 0 Å². The lowest BCUT2D eigenvalue weighted by Crippen LogP contribution is -2.23. The summed E-state index contributed by atoms with van der Waals surface area (Å²) in [5.74, 6) is 0.167. The Kier molecular flexibility index (Phi) is 7.35. The topological polar surface area (TPSA) is 18.5 Å². The second-order valence-corrected chi connectivity index (χ2v) is 4.37. The molecule has 0 rings (SSSR count). The van der Waals surface area contributed by atoms with E-state index in [4.69, 9.17) is 9.47 Å². The first-order valence-corrected chi connectivity index (χ1v) is 5.89. The Morgan fingerprint density at radius 2 is 1.60 bits per heavy atom. The molecule has 0 bridgehead atoms. The van der Waals surface area contributed by atoms with Gasteiger partial charge in [-0.1, -0.05) is 13.0 Å². The Bertz CT molecular complexity index is 54.4. The summed E-state index contributed by atoms with van der Waals surface area (Å²) in [4.78, 5) is 0. The standard InChI is InChI=1S/C7H18O2Si/c1-4-8-7(9-5-2)10-6-3/h7H,4-6,10H2,1-3H3. The van der Waals surface area contributed by atoms with E-state index in [1.54, 1.807) is 0 Å². The molecular weight excluding hydrogens is 144 g/mol. The highest BCUT2D eigenvalue weighted by molar-refractivity contribution is 6.36. The van der Waals surface area contributed by atoms with Crippen LogP contribution in [-0.2, 0) is 9.47 Å². The van der Waals surface area contributed by atoms with Crippen LogP contribution in [0, 0.1) is 0 Å². The molecule has 0 saturated heterocycles. The molecule has 2 nitrogen and oxygen atoms in total. The first-order chi connectivity index (χ1) is 4.85. The van der Waals surface area contributed by atoms with E-state index in [0.29, 0.717) is 0 Å². The van der Waals surface area contributed by atoms with Crippen molar-refractivity contribution in [2.45, 2.75) is 32.7 Å². The van der Waals surface area contributed by atoms with Crippen molar-refractivity contribution >= 4 is 9.52 Å². The maximum atomic E-state index is 5.36. The predicted octanol–water partition coefficient (Wildman–Crippen LogP) is 0.950. The van der Waals surface area contributed by atoms with Crippen molar-refractivity contribution in [3.63, 3.8) is 0 Å². The van der Waals surface area contributed by atoms with Gasteiger partial charge < -0.3 is 9.47 Å². The van der Waals surface area contributed by atoms with Gasteiger partial charge in [0.05, 0.1) is 9.52 Å². The van der Waals surface area contributed by atoms with Crippen LogP contribution in [-0.4, -0.2) is 28.6 Å². The Hall–Kier alpha value is 0.137. The van der Waals surface area contributed by atoms with Gasteiger partial charge in [-0.15, -0.1) is 0 Å². The predicted molar refractivity (Wildman–Crippen MR) is 46.1 cm³/mol. The molecule has 62 valence electrons. The highest BCUT2D eigenvalue weighted by Gasteiger charge is 2.04. The Morgan fingerprint density at radius 3 is 1.90 bits per heavy atom. The number of ether oxygens (including phenoxy) is 2. The molecule has 0 saturated carbocycles. The van der Waals surface area contributed by atoms with E-state index in [1.807, 2.05) is 13.8 Å². The molecule has 0 atom stereocenters. The SMILES string of the molecule is CCOC(OCC)[SiH2]CC. The van der Waals surface area contributed by atoms with Crippen LogP contribution in [0.25, 0.3) is 0 Å². The minimum Gasteiger partial charge on any atom is -0.357 e. The average molecular weight is 162 g/mol. The zero-order valence-corrected chi connectivity index (χ0v) is 8.64. The number of rotatable bonds is 6. The molecule has 3 heteroatoms. The highest BCUT2D eigenvalue weighted by atomic mass is 28.2. The van der Waals surface area contributed by atoms with Gasteiger partial charge in [-0.3, -0.25) is 0 Å². The summed E-state index contributed by atoms with van der Waals surface area (Å²) in [6, 6.07) is 1.25. The van der Waals surface area contributed by atoms with Crippen molar-refractivity contribution in [2.75, 3.05) is 13.2 Å². The maximum absolute atomic E-state index is 5.36. The zero-order chi connectivity index (χ0) is 7.82. The van der Waals surface area contributed by atoms with Gasteiger partial charge >= 0.3 is 0 Å². The van der Waals surface area contributed by atoms with Crippen molar-refractivity contribution in [3.05, 3.63) is 0 Å². The van der Waals surface area contributed by atoms with Crippen LogP contribution >= 0.6 is 0 Å². The molecule has 0 aliphatic heterocycles. The quantitative estimate of drug-likeness (QED) is 0.428. The van der Waals surface area contributed by atoms with Crippen LogP contribution < -0.4 is 0 Å². The molecule has 0 fully saturated rings. The van der Waals surface area contributed by atoms with Crippen LogP contribution in [0.1, 0.15) is 20.8 Å². The fraction of sp³-hybridized carbons (Fsp3) is 1.00. The molecule has 0 heterocycles. The van der Waals surface area contributed by atoms with Crippen molar-refractivity contribution in [1.29, 1.82) is 0 Å². The molecule has 0 amide bonds. The Balaban J connectivity index is 3.30. The van der Waals surface area contributed by atoms with Crippen molar-refractivity contribution < 1.29 is 9.47 Å². The Morgan fingerprint density at radius 1 is 1.10 bits per heavy atom. The van der Waals surface area contributed by atoms with Gasteiger partial charge in [0.25, 0.3) is 0 Å². The monoisotopic (exact) mass is 162 g/mol. The molecule has 0 aromatic rings. The first kappa shape index (κ1) is 10.1. The molecule has 0 aromatic heterocycles. The summed E-state index contributed by atoms with van der Waals surface area (Å²) in [6.07, 6.45) is 0. The number of hydrogen-bond acceptors (Lipinski definition) is 2.